The maximum atomic E-state index is 13.1. The van der Waals surface area contributed by atoms with Crippen LogP contribution < -0.4 is 9.47 Å². The SMILES string of the molecule is CCOc1cc(-c2cc(C)c3c(c2)CC(c2cnn(CC#N)c2)C3=O)cnc1OCC. The Morgan fingerprint density at radius 3 is 2.71 bits per heavy atom. The largest absolute Gasteiger partial charge is 0.488 e. The Morgan fingerprint density at radius 1 is 1.16 bits per heavy atom. The van der Waals surface area contributed by atoms with E-state index in [9.17, 15) is 4.79 Å². The first-order chi connectivity index (χ1) is 15.0. The van der Waals surface area contributed by atoms with Gasteiger partial charge in [-0.3, -0.25) is 9.48 Å². The summed E-state index contributed by atoms with van der Waals surface area (Å²) < 4.78 is 12.8. The first-order valence-electron chi connectivity index (χ1n) is 10.4. The van der Waals surface area contributed by atoms with E-state index in [2.05, 4.69) is 22.2 Å². The molecule has 7 heteroatoms. The van der Waals surface area contributed by atoms with Gasteiger partial charge in [-0.2, -0.15) is 10.4 Å². The molecule has 0 spiro atoms. The topological polar surface area (TPSA) is 90.0 Å². The number of ketones is 1. The van der Waals surface area contributed by atoms with Crippen LogP contribution in [0.1, 0.15) is 46.8 Å². The van der Waals surface area contributed by atoms with E-state index >= 15 is 0 Å². The Bertz CT molecular complexity index is 1180. The molecule has 0 saturated carbocycles. The first-order valence-corrected chi connectivity index (χ1v) is 10.4. The highest BCUT2D eigenvalue weighted by Gasteiger charge is 2.34. The highest BCUT2D eigenvalue weighted by atomic mass is 16.5. The molecule has 3 aromatic rings. The molecule has 0 aliphatic heterocycles. The summed E-state index contributed by atoms with van der Waals surface area (Å²) in [5, 5.41) is 13.1. The Balaban J connectivity index is 1.68. The smallest absolute Gasteiger partial charge is 0.257 e. The Kier molecular flexibility index (Phi) is 5.72. The maximum absolute atomic E-state index is 13.1. The normalized spacial score (nSPS) is 14.9. The third kappa shape index (κ3) is 3.89. The number of aromatic nitrogens is 3. The van der Waals surface area contributed by atoms with Crippen LogP contribution in [0.25, 0.3) is 11.1 Å². The molecule has 1 aliphatic carbocycles. The molecule has 7 nitrogen and oxygen atoms in total. The fraction of sp³-hybridized carbons (Fsp3) is 0.333. The summed E-state index contributed by atoms with van der Waals surface area (Å²) in [6.07, 6.45) is 5.87. The Hall–Kier alpha value is -3.66. The Morgan fingerprint density at radius 2 is 1.97 bits per heavy atom. The average molecular weight is 416 g/mol. The lowest BCUT2D eigenvalue weighted by Crippen LogP contribution is -2.07. The molecule has 1 aliphatic rings. The van der Waals surface area contributed by atoms with Crippen molar-refractivity contribution < 1.29 is 14.3 Å². The molecule has 31 heavy (non-hydrogen) atoms. The van der Waals surface area contributed by atoms with E-state index in [4.69, 9.17) is 14.7 Å². The van der Waals surface area contributed by atoms with Crippen molar-refractivity contribution in [1.82, 2.24) is 14.8 Å². The zero-order chi connectivity index (χ0) is 22.0. The second-order valence-corrected chi connectivity index (χ2v) is 7.47. The molecule has 0 N–H and O–H groups in total. The summed E-state index contributed by atoms with van der Waals surface area (Å²) in [4.78, 5) is 17.6. The van der Waals surface area contributed by atoms with Crippen LogP contribution in [-0.4, -0.2) is 33.8 Å². The van der Waals surface area contributed by atoms with Gasteiger partial charge in [0.05, 0.1) is 31.4 Å². The van der Waals surface area contributed by atoms with Crippen LogP contribution in [0.4, 0.5) is 0 Å². The fourth-order valence-electron chi connectivity index (χ4n) is 4.11. The summed E-state index contributed by atoms with van der Waals surface area (Å²) in [5.74, 6) is 0.929. The molecule has 0 radical (unpaired) electrons. The molecule has 1 aromatic carbocycles. The molecule has 1 unspecified atom stereocenters. The lowest BCUT2D eigenvalue weighted by molar-refractivity contribution is 0.0972. The molecule has 2 aromatic heterocycles. The van der Waals surface area contributed by atoms with E-state index in [0.29, 0.717) is 31.3 Å². The number of hydrogen-bond donors (Lipinski definition) is 0. The predicted octanol–water partition coefficient (Wildman–Crippen LogP) is 4.10. The number of fused-ring (bicyclic) bond motifs is 1. The summed E-state index contributed by atoms with van der Waals surface area (Å²) >= 11 is 0. The third-order valence-electron chi connectivity index (χ3n) is 5.42. The van der Waals surface area contributed by atoms with E-state index < -0.39 is 0 Å². The van der Waals surface area contributed by atoms with Crippen molar-refractivity contribution in [2.45, 2.75) is 39.7 Å². The van der Waals surface area contributed by atoms with Crippen molar-refractivity contribution in [1.29, 1.82) is 5.26 Å². The van der Waals surface area contributed by atoms with E-state index in [1.165, 1.54) is 0 Å². The standard InChI is InChI=1S/C24H24N4O3/c1-4-30-21-11-18(12-26-24(21)31-5-2)16-8-15(3)22-17(9-16)10-20(23(22)29)19-13-27-28(14-19)7-6-25/h8-9,11-14,20H,4-5,7,10H2,1-3H3. The molecular formula is C24H24N4O3. The van der Waals surface area contributed by atoms with Crippen molar-refractivity contribution in [2.75, 3.05) is 13.2 Å². The summed E-state index contributed by atoms with van der Waals surface area (Å²) in [6, 6.07) is 8.08. The number of carbonyl (C=O) groups is 1. The second kappa shape index (κ2) is 8.60. The minimum Gasteiger partial charge on any atom is -0.488 e. The van der Waals surface area contributed by atoms with E-state index in [0.717, 1.165) is 33.4 Å². The van der Waals surface area contributed by atoms with Gasteiger partial charge in [0.1, 0.15) is 6.54 Å². The quantitative estimate of drug-likeness (QED) is 0.576. The molecule has 0 bridgehead atoms. The van der Waals surface area contributed by atoms with Gasteiger partial charge in [0.15, 0.2) is 11.5 Å². The fourth-order valence-corrected chi connectivity index (χ4v) is 4.11. The van der Waals surface area contributed by atoms with Gasteiger partial charge in [-0.05, 0) is 49.9 Å². The lowest BCUT2D eigenvalue weighted by atomic mass is 9.96. The molecule has 158 valence electrons. The number of pyridine rings is 1. The number of ether oxygens (including phenoxy) is 2. The van der Waals surface area contributed by atoms with Crippen molar-refractivity contribution in [3.05, 3.63) is 59.0 Å². The highest BCUT2D eigenvalue weighted by Crippen LogP contribution is 2.39. The molecule has 0 saturated heterocycles. The highest BCUT2D eigenvalue weighted by molar-refractivity contribution is 6.07. The van der Waals surface area contributed by atoms with Crippen LogP contribution in [-0.2, 0) is 13.0 Å². The minimum atomic E-state index is -0.270. The second-order valence-electron chi connectivity index (χ2n) is 7.47. The number of hydrogen-bond acceptors (Lipinski definition) is 6. The van der Waals surface area contributed by atoms with Gasteiger partial charge in [-0.15, -0.1) is 0 Å². The summed E-state index contributed by atoms with van der Waals surface area (Å²) in [5.41, 5.74) is 5.49. The predicted molar refractivity (Wildman–Crippen MR) is 115 cm³/mol. The third-order valence-corrected chi connectivity index (χ3v) is 5.42. The molecular weight excluding hydrogens is 392 g/mol. The van der Waals surface area contributed by atoms with Crippen molar-refractivity contribution in [2.24, 2.45) is 0 Å². The average Bonchev–Trinajstić information content (AvgIpc) is 3.34. The summed E-state index contributed by atoms with van der Waals surface area (Å²) in [7, 11) is 0. The number of aryl methyl sites for hydroxylation is 1. The molecule has 0 amide bonds. The van der Waals surface area contributed by atoms with Crippen LogP contribution in [0.3, 0.4) is 0 Å². The van der Waals surface area contributed by atoms with Crippen molar-refractivity contribution in [3.8, 4) is 28.8 Å². The molecule has 4 rings (SSSR count). The van der Waals surface area contributed by atoms with Gasteiger partial charge in [-0.1, -0.05) is 12.1 Å². The van der Waals surface area contributed by atoms with Gasteiger partial charge < -0.3 is 9.47 Å². The first kappa shape index (κ1) is 20.6. The van der Waals surface area contributed by atoms with Crippen LogP contribution in [0.5, 0.6) is 11.6 Å². The van der Waals surface area contributed by atoms with Crippen LogP contribution in [0.2, 0.25) is 0 Å². The van der Waals surface area contributed by atoms with E-state index in [1.807, 2.05) is 32.9 Å². The maximum Gasteiger partial charge on any atom is 0.257 e. The molecule has 1 atom stereocenters. The monoisotopic (exact) mass is 416 g/mol. The summed E-state index contributed by atoms with van der Waals surface area (Å²) in [6.45, 7) is 7.00. The number of carbonyl (C=O) groups excluding carboxylic acids is 1. The number of nitriles is 1. The van der Waals surface area contributed by atoms with Crippen LogP contribution >= 0.6 is 0 Å². The number of nitrogens with zero attached hydrogens (tertiary/aromatic N) is 4. The van der Waals surface area contributed by atoms with Crippen molar-refractivity contribution >= 4 is 5.78 Å². The van der Waals surface area contributed by atoms with Gasteiger partial charge in [0.25, 0.3) is 5.88 Å². The van der Waals surface area contributed by atoms with Crippen LogP contribution in [0.15, 0.2) is 36.8 Å². The zero-order valence-corrected chi connectivity index (χ0v) is 17.9. The van der Waals surface area contributed by atoms with E-state index in [1.54, 1.807) is 23.3 Å². The molecule has 2 heterocycles. The number of Topliss-reactive ketones (excluding diaryl/α,β-unsaturated/α-hetero) is 1. The van der Waals surface area contributed by atoms with Gasteiger partial charge in [0.2, 0.25) is 0 Å². The van der Waals surface area contributed by atoms with E-state index in [-0.39, 0.29) is 18.2 Å². The Labute approximate surface area is 181 Å². The van der Waals surface area contributed by atoms with Crippen LogP contribution in [0, 0.1) is 18.3 Å². The van der Waals surface area contributed by atoms with Gasteiger partial charge >= 0.3 is 0 Å². The number of rotatable bonds is 7. The number of benzene rings is 1. The van der Waals surface area contributed by atoms with Crippen molar-refractivity contribution in [3.63, 3.8) is 0 Å². The molecule has 0 fully saturated rings. The van der Waals surface area contributed by atoms with Gasteiger partial charge in [0, 0.05) is 29.1 Å². The van der Waals surface area contributed by atoms with Gasteiger partial charge in [-0.25, -0.2) is 4.98 Å². The minimum absolute atomic E-state index is 0.107. The zero-order valence-electron chi connectivity index (χ0n) is 17.9. The lowest BCUT2D eigenvalue weighted by Gasteiger charge is -2.13.